The summed E-state index contributed by atoms with van der Waals surface area (Å²) in [5.74, 6) is -0.693. The summed E-state index contributed by atoms with van der Waals surface area (Å²) in [5, 5.41) is 13.1. The average Bonchev–Trinajstić information content (AvgIpc) is 2.74. The number of urea groups is 2. The predicted molar refractivity (Wildman–Crippen MR) is 114 cm³/mol. The third-order valence-electron chi connectivity index (χ3n) is 4.20. The molecule has 0 aromatic heterocycles. The standard InChI is InChI=1S/C21H26FN5O3/c1-3-4-18(27-21(30)24-13-14-5-7-15(22)8-6-14)19(28)25-16-9-11-17(12-10-16)26-20(29)23-2/h5-12,18H,3-4,13H2,1-2H3,(H,25,28)(H2,23,26,29)(H2,24,27,30). The van der Waals surface area contributed by atoms with E-state index < -0.39 is 12.1 Å². The van der Waals surface area contributed by atoms with Crippen molar-refractivity contribution in [3.8, 4) is 0 Å². The summed E-state index contributed by atoms with van der Waals surface area (Å²) in [6.07, 6.45) is 1.16. The van der Waals surface area contributed by atoms with E-state index in [1.807, 2.05) is 6.92 Å². The molecule has 0 saturated carbocycles. The van der Waals surface area contributed by atoms with Crippen LogP contribution in [0, 0.1) is 5.82 Å². The second kappa shape index (κ2) is 11.4. The van der Waals surface area contributed by atoms with Crippen molar-refractivity contribution in [2.75, 3.05) is 17.7 Å². The van der Waals surface area contributed by atoms with E-state index in [4.69, 9.17) is 0 Å². The van der Waals surface area contributed by atoms with Gasteiger partial charge in [-0.15, -0.1) is 0 Å². The third-order valence-corrected chi connectivity index (χ3v) is 4.20. The van der Waals surface area contributed by atoms with Gasteiger partial charge in [-0.2, -0.15) is 0 Å². The fourth-order valence-electron chi connectivity index (χ4n) is 2.61. The molecule has 1 atom stereocenters. The van der Waals surface area contributed by atoms with E-state index in [0.717, 1.165) is 5.56 Å². The van der Waals surface area contributed by atoms with Crippen LogP contribution >= 0.6 is 0 Å². The van der Waals surface area contributed by atoms with Crippen LogP contribution in [0.15, 0.2) is 48.5 Å². The molecule has 0 aliphatic rings. The van der Waals surface area contributed by atoms with Gasteiger partial charge in [-0.05, 0) is 48.4 Å². The zero-order valence-corrected chi connectivity index (χ0v) is 16.9. The summed E-state index contributed by atoms with van der Waals surface area (Å²) in [6, 6.07) is 10.9. The van der Waals surface area contributed by atoms with Crippen LogP contribution in [0.5, 0.6) is 0 Å². The molecule has 2 aromatic rings. The Balaban J connectivity index is 1.89. The largest absolute Gasteiger partial charge is 0.341 e. The monoisotopic (exact) mass is 415 g/mol. The lowest BCUT2D eigenvalue weighted by Gasteiger charge is -2.18. The third kappa shape index (κ3) is 7.42. The van der Waals surface area contributed by atoms with Crippen molar-refractivity contribution in [1.82, 2.24) is 16.0 Å². The molecule has 2 rings (SSSR count). The van der Waals surface area contributed by atoms with Crippen molar-refractivity contribution in [2.45, 2.75) is 32.4 Å². The Bertz CT molecular complexity index is 856. The normalized spacial score (nSPS) is 11.2. The van der Waals surface area contributed by atoms with Gasteiger partial charge in [0, 0.05) is 25.0 Å². The van der Waals surface area contributed by atoms with Crippen LogP contribution in [0.3, 0.4) is 0 Å². The highest BCUT2D eigenvalue weighted by atomic mass is 19.1. The molecule has 0 aliphatic heterocycles. The summed E-state index contributed by atoms with van der Waals surface area (Å²) in [5.41, 5.74) is 1.86. The second-order valence-electron chi connectivity index (χ2n) is 6.57. The molecule has 0 saturated heterocycles. The summed E-state index contributed by atoms with van der Waals surface area (Å²) in [7, 11) is 1.51. The van der Waals surface area contributed by atoms with Crippen molar-refractivity contribution in [3.63, 3.8) is 0 Å². The summed E-state index contributed by atoms with van der Waals surface area (Å²) in [6.45, 7) is 2.13. The van der Waals surface area contributed by atoms with E-state index >= 15 is 0 Å². The zero-order chi connectivity index (χ0) is 21.9. The number of hydrogen-bond acceptors (Lipinski definition) is 3. The van der Waals surface area contributed by atoms with Gasteiger partial charge in [-0.3, -0.25) is 4.79 Å². The highest BCUT2D eigenvalue weighted by molar-refractivity contribution is 5.97. The second-order valence-corrected chi connectivity index (χ2v) is 6.57. The number of nitrogens with one attached hydrogen (secondary N) is 5. The van der Waals surface area contributed by atoms with Crippen molar-refractivity contribution in [3.05, 3.63) is 59.9 Å². The predicted octanol–water partition coefficient (Wildman–Crippen LogP) is 3.18. The van der Waals surface area contributed by atoms with E-state index in [1.54, 1.807) is 36.4 Å². The molecule has 0 spiro atoms. The Morgan fingerprint density at radius 3 is 2.07 bits per heavy atom. The van der Waals surface area contributed by atoms with Gasteiger partial charge in [0.25, 0.3) is 0 Å². The number of halogens is 1. The Kier molecular flexibility index (Phi) is 8.61. The van der Waals surface area contributed by atoms with Crippen LogP contribution in [-0.2, 0) is 11.3 Å². The molecule has 0 radical (unpaired) electrons. The fraction of sp³-hybridized carbons (Fsp3) is 0.286. The molecule has 0 aliphatic carbocycles. The first kappa shape index (κ1) is 22.7. The maximum absolute atomic E-state index is 12.9. The van der Waals surface area contributed by atoms with Gasteiger partial charge in [0.05, 0.1) is 0 Å². The van der Waals surface area contributed by atoms with Gasteiger partial charge in [0.1, 0.15) is 11.9 Å². The Morgan fingerprint density at radius 2 is 1.50 bits per heavy atom. The lowest BCUT2D eigenvalue weighted by molar-refractivity contribution is -0.118. The first-order valence-corrected chi connectivity index (χ1v) is 9.59. The van der Waals surface area contributed by atoms with E-state index in [-0.39, 0.29) is 24.3 Å². The molecular formula is C21H26FN5O3. The molecule has 1 unspecified atom stereocenters. The Hall–Kier alpha value is -3.62. The Labute approximate surface area is 174 Å². The highest BCUT2D eigenvalue weighted by Crippen LogP contribution is 2.14. The van der Waals surface area contributed by atoms with Crippen molar-refractivity contribution >= 4 is 29.3 Å². The molecule has 0 bridgehead atoms. The molecule has 30 heavy (non-hydrogen) atoms. The van der Waals surface area contributed by atoms with E-state index in [0.29, 0.717) is 24.2 Å². The number of carbonyl (C=O) groups excluding carboxylic acids is 3. The van der Waals surface area contributed by atoms with Gasteiger partial charge >= 0.3 is 12.1 Å². The summed E-state index contributed by atoms with van der Waals surface area (Å²) < 4.78 is 12.9. The Morgan fingerprint density at radius 1 is 0.900 bits per heavy atom. The first-order chi connectivity index (χ1) is 14.4. The molecule has 9 heteroatoms. The van der Waals surface area contributed by atoms with Crippen molar-refractivity contribution < 1.29 is 18.8 Å². The van der Waals surface area contributed by atoms with Crippen LogP contribution in [0.1, 0.15) is 25.3 Å². The minimum atomic E-state index is -0.716. The number of benzene rings is 2. The van der Waals surface area contributed by atoms with Gasteiger partial charge in [-0.1, -0.05) is 25.5 Å². The number of hydrogen-bond donors (Lipinski definition) is 5. The van der Waals surface area contributed by atoms with Crippen LogP contribution in [0.2, 0.25) is 0 Å². The van der Waals surface area contributed by atoms with Gasteiger partial charge in [0.2, 0.25) is 5.91 Å². The van der Waals surface area contributed by atoms with Crippen LogP contribution in [0.25, 0.3) is 0 Å². The molecule has 8 nitrogen and oxygen atoms in total. The summed E-state index contributed by atoms with van der Waals surface area (Å²) in [4.78, 5) is 36.1. The molecular weight excluding hydrogens is 389 g/mol. The average molecular weight is 415 g/mol. The van der Waals surface area contributed by atoms with Crippen molar-refractivity contribution in [1.29, 1.82) is 0 Å². The highest BCUT2D eigenvalue weighted by Gasteiger charge is 2.20. The number of carbonyl (C=O) groups is 3. The summed E-state index contributed by atoms with van der Waals surface area (Å²) >= 11 is 0. The molecule has 0 heterocycles. The number of anilines is 2. The molecule has 0 fully saturated rings. The van der Waals surface area contributed by atoms with Gasteiger partial charge < -0.3 is 26.6 Å². The lowest BCUT2D eigenvalue weighted by atomic mass is 10.1. The number of rotatable bonds is 8. The molecule has 5 N–H and O–H groups in total. The fourth-order valence-corrected chi connectivity index (χ4v) is 2.61. The van der Waals surface area contributed by atoms with E-state index in [9.17, 15) is 18.8 Å². The van der Waals surface area contributed by atoms with Gasteiger partial charge in [-0.25, -0.2) is 14.0 Å². The SMILES string of the molecule is CCCC(NC(=O)NCc1ccc(F)cc1)C(=O)Nc1ccc(NC(=O)NC)cc1. The lowest BCUT2D eigenvalue weighted by Crippen LogP contribution is -2.47. The minimum Gasteiger partial charge on any atom is -0.341 e. The maximum Gasteiger partial charge on any atom is 0.318 e. The van der Waals surface area contributed by atoms with Crippen LogP contribution in [-0.4, -0.2) is 31.1 Å². The molecule has 2 aromatic carbocycles. The quantitative estimate of drug-likeness (QED) is 0.456. The van der Waals surface area contributed by atoms with Crippen molar-refractivity contribution in [2.24, 2.45) is 0 Å². The van der Waals surface area contributed by atoms with E-state index in [1.165, 1.54) is 19.2 Å². The number of amides is 5. The van der Waals surface area contributed by atoms with Crippen LogP contribution in [0.4, 0.5) is 25.4 Å². The topological polar surface area (TPSA) is 111 Å². The van der Waals surface area contributed by atoms with E-state index in [2.05, 4.69) is 26.6 Å². The van der Waals surface area contributed by atoms with Crippen LogP contribution < -0.4 is 26.6 Å². The molecule has 5 amide bonds. The zero-order valence-electron chi connectivity index (χ0n) is 16.9. The smallest absolute Gasteiger partial charge is 0.318 e. The minimum absolute atomic E-state index is 0.215. The van der Waals surface area contributed by atoms with Gasteiger partial charge in [0.15, 0.2) is 0 Å². The first-order valence-electron chi connectivity index (χ1n) is 9.59. The molecule has 160 valence electrons. The maximum atomic E-state index is 12.9.